The summed E-state index contributed by atoms with van der Waals surface area (Å²) in [4.78, 5) is 1.26. The molecule has 1 N–H and O–H groups in total. The standard InChI is InChI=1S/C15H18ClNS/c1-3-11(2)12-4-6-13(7-5-12)17-10-14-8-9-15(16)18-14/h4-9,11,17H,3,10H2,1-2H3. The minimum atomic E-state index is 0.634. The van der Waals surface area contributed by atoms with E-state index in [1.165, 1.54) is 16.9 Å². The molecule has 0 bridgehead atoms. The molecule has 1 nitrogen and oxygen atoms in total. The van der Waals surface area contributed by atoms with Crippen molar-refractivity contribution in [2.75, 3.05) is 5.32 Å². The van der Waals surface area contributed by atoms with Crippen LogP contribution in [0.5, 0.6) is 0 Å². The monoisotopic (exact) mass is 279 g/mol. The van der Waals surface area contributed by atoms with Crippen molar-refractivity contribution in [2.45, 2.75) is 32.7 Å². The van der Waals surface area contributed by atoms with E-state index in [1.807, 2.05) is 6.07 Å². The number of rotatable bonds is 5. The molecule has 0 radical (unpaired) electrons. The zero-order valence-corrected chi connectivity index (χ0v) is 12.3. The summed E-state index contributed by atoms with van der Waals surface area (Å²) < 4.78 is 0.846. The van der Waals surface area contributed by atoms with Crippen molar-refractivity contribution >= 4 is 28.6 Å². The summed E-state index contributed by atoms with van der Waals surface area (Å²) in [6, 6.07) is 12.7. The van der Waals surface area contributed by atoms with Crippen LogP contribution in [0.1, 0.15) is 36.6 Å². The second kappa shape index (κ2) is 6.26. The van der Waals surface area contributed by atoms with Crippen molar-refractivity contribution < 1.29 is 0 Å². The molecule has 96 valence electrons. The van der Waals surface area contributed by atoms with E-state index in [0.29, 0.717) is 5.92 Å². The average molecular weight is 280 g/mol. The van der Waals surface area contributed by atoms with Crippen molar-refractivity contribution in [3.8, 4) is 0 Å². The van der Waals surface area contributed by atoms with Gasteiger partial charge in [0.15, 0.2) is 0 Å². The maximum atomic E-state index is 5.90. The van der Waals surface area contributed by atoms with Crippen molar-refractivity contribution in [2.24, 2.45) is 0 Å². The molecule has 0 saturated heterocycles. The van der Waals surface area contributed by atoms with Crippen LogP contribution in [0.25, 0.3) is 0 Å². The van der Waals surface area contributed by atoms with Crippen LogP contribution in [0.3, 0.4) is 0 Å². The van der Waals surface area contributed by atoms with Crippen LogP contribution < -0.4 is 5.32 Å². The molecule has 0 aliphatic heterocycles. The van der Waals surface area contributed by atoms with Gasteiger partial charge >= 0.3 is 0 Å². The summed E-state index contributed by atoms with van der Waals surface area (Å²) in [6.07, 6.45) is 1.18. The molecule has 0 saturated carbocycles. The van der Waals surface area contributed by atoms with E-state index in [2.05, 4.69) is 49.5 Å². The Labute approximate surface area is 118 Å². The van der Waals surface area contributed by atoms with Crippen LogP contribution in [0.4, 0.5) is 5.69 Å². The highest BCUT2D eigenvalue weighted by molar-refractivity contribution is 7.16. The third-order valence-electron chi connectivity index (χ3n) is 3.19. The van der Waals surface area contributed by atoms with Gasteiger partial charge in [-0.2, -0.15) is 0 Å². The normalized spacial score (nSPS) is 12.4. The van der Waals surface area contributed by atoms with Gasteiger partial charge < -0.3 is 5.32 Å². The molecule has 0 amide bonds. The zero-order valence-electron chi connectivity index (χ0n) is 10.7. The third-order valence-corrected chi connectivity index (χ3v) is 4.42. The van der Waals surface area contributed by atoms with E-state index in [9.17, 15) is 0 Å². The lowest BCUT2D eigenvalue weighted by atomic mass is 9.99. The molecule has 0 fully saturated rings. The van der Waals surface area contributed by atoms with E-state index in [1.54, 1.807) is 11.3 Å². The summed E-state index contributed by atoms with van der Waals surface area (Å²) >= 11 is 7.53. The number of anilines is 1. The van der Waals surface area contributed by atoms with Gasteiger partial charge in [-0.25, -0.2) is 0 Å². The van der Waals surface area contributed by atoms with Crippen LogP contribution in [0.15, 0.2) is 36.4 Å². The van der Waals surface area contributed by atoms with Gasteiger partial charge in [0.25, 0.3) is 0 Å². The van der Waals surface area contributed by atoms with Gasteiger partial charge in [0.05, 0.1) is 4.34 Å². The lowest BCUT2D eigenvalue weighted by Crippen LogP contribution is -1.98. The summed E-state index contributed by atoms with van der Waals surface area (Å²) in [7, 11) is 0. The molecule has 0 aliphatic rings. The average Bonchev–Trinajstić information content (AvgIpc) is 2.82. The molecule has 0 aliphatic carbocycles. The Morgan fingerprint density at radius 3 is 2.44 bits per heavy atom. The van der Waals surface area contributed by atoms with Crippen molar-refractivity contribution in [1.29, 1.82) is 0 Å². The molecule has 1 aromatic carbocycles. The summed E-state index contributed by atoms with van der Waals surface area (Å²) in [5.74, 6) is 0.634. The molecule has 2 aromatic rings. The summed E-state index contributed by atoms with van der Waals surface area (Å²) in [5, 5.41) is 3.41. The molecular weight excluding hydrogens is 262 g/mol. The molecule has 1 heterocycles. The van der Waals surface area contributed by atoms with E-state index < -0.39 is 0 Å². The minimum Gasteiger partial charge on any atom is -0.380 e. The second-order valence-corrected chi connectivity index (χ2v) is 6.29. The van der Waals surface area contributed by atoms with Gasteiger partial charge in [-0.15, -0.1) is 11.3 Å². The number of thiophene rings is 1. The maximum Gasteiger partial charge on any atom is 0.0931 e. The predicted molar refractivity (Wildman–Crippen MR) is 81.8 cm³/mol. The lowest BCUT2D eigenvalue weighted by molar-refractivity contribution is 0.734. The topological polar surface area (TPSA) is 12.0 Å². The fourth-order valence-electron chi connectivity index (χ4n) is 1.80. The number of hydrogen-bond acceptors (Lipinski definition) is 2. The van der Waals surface area contributed by atoms with Crippen LogP contribution in [0.2, 0.25) is 4.34 Å². The molecule has 3 heteroatoms. The largest absolute Gasteiger partial charge is 0.380 e. The fraction of sp³-hybridized carbons (Fsp3) is 0.333. The predicted octanol–water partition coefficient (Wildman–Crippen LogP) is 5.53. The van der Waals surface area contributed by atoms with E-state index in [0.717, 1.165) is 16.6 Å². The second-order valence-electron chi connectivity index (χ2n) is 4.49. The van der Waals surface area contributed by atoms with Gasteiger partial charge in [0.1, 0.15) is 0 Å². The van der Waals surface area contributed by atoms with E-state index >= 15 is 0 Å². The molecule has 1 aromatic heterocycles. The van der Waals surface area contributed by atoms with E-state index in [4.69, 9.17) is 11.6 Å². The SMILES string of the molecule is CCC(C)c1ccc(NCc2ccc(Cl)s2)cc1. The van der Waals surface area contributed by atoms with E-state index in [-0.39, 0.29) is 0 Å². The Morgan fingerprint density at radius 2 is 1.89 bits per heavy atom. The highest BCUT2D eigenvalue weighted by atomic mass is 35.5. The number of halogens is 1. The highest BCUT2D eigenvalue weighted by Gasteiger charge is 2.02. The van der Waals surface area contributed by atoms with Gasteiger partial charge in [0.2, 0.25) is 0 Å². The van der Waals surface area contributed by atoms with Gasteiger partial charge in [-0.1, -0.05) is 37.6 Å². The molecule has 2 rings (SSSR count). The Hall–Kier alpha value is -0.990. The van der Waals surface area contributed by atoms with Crippen molar-refractivity contribution in [3.63, 3.8) is 0 Å². The first-order chi connectivity index (χ1) is 8.69. The Bertz CT molecular complexity index is 489. The zero-order chi connectivity index (χ0) is 13.0. The first-order valence-electron chi connectivity index (χ1n) is 6.27. The smallest absolute Gasteiger partial charge is 0.0931 e. The Morgan fingerprint density at radius 1 is 1.17 bits per heavy atom. The van der Waals surface area contributed by atoms with Crippen LogP contribution in [0, 0.1) is 0 Å². The van der Waals surface area contributed by atoms with Crippen LogP contribution in [-0.2, 0) is 6.54 Å². The van der Waals surface area contributed by atoms with Crippen molar-refractivity contribution in [1.82, 2.24) is 0 Å². The van der Waals surface area contributed by atoms with Crippen molar-refractivity contribution in [3.05, 3.63) is 51.2 Å². The van der Waals surface area contributed by atoms with Gasteiger partial charge in [-0.05, 0) is 42.2 Å². The van der Waals surface area contributed by atoms with Gasteiger partial charge in [0, 0.05) is 17.1 Å². The number of hydrogen-bond donors (Lipinski definition) is 1. The molecular formula is C15H18ClNS. The van der Waals surface area contributed by atoms with Gasteiger partial charge in [-0.3, -0.25) is 0 Å². The lowest BCUT2D eigenvalue weighted by Gasteiger charge is -2.10. The molecule has 1 atom stereocenters. The summed E-state index contributed by atoms with van der Waals surface area (Å²) in [6.45, 7) is 5.31. The Kier molecular flexibility index (Phi) is 4.67. The summed E-state index contributed by atoms with van der Waals surface area (Å²) in [5.41, 5.74) is 2.56. The highest BCUT2D eigenvalue weighted by Crippen LogP contribution is 2.23. The molecule has 1 unspecified atom stereocenters. The minimum absolute atomic E-state index is 0.634. The maximum absolute atomic E-state index is 5.90. The van der Waals surface area contributed by atoms with Crippen LogP contribution in [-0.4, -0.2) is 0 Å². The fourth-order valence-corrected chi connectivity index (χ4v) is 2.83. The number of nitrogens with one attached hydrogen (secondary N) is 1. The number of benzene rings is 1. The Balaban J connectivity index is 1.94. The quantitative estimate of drug-likeness (QED) is 0.759. The molecule has 18 heavy (non-hydrogen) atoms. The third kappa shape index (κ3) is 3.50. The molecule has 0 spiro atoms. The van der Waals surface area contributed by atoms with Crippen LogP contribution >= 0.6 is 22.9 Å². The first-order valence-corrected chi connectivity index (χ1v) is 7.46. The first kappa shape index (κ1) is 13.4.